The molecule has 0 saturated carbocycles. The van der Waals surface area contributed by atoms with Gasteiger partial charge in [0, 0.05) is 36.5 Å². The van der Waals surface area contributed by atoms with Crippen molar-refractivity contribution in [2.75, 3.05) is 19.7 Å². The number of nitrogens with one attached hydrogen (secondary N) is 1. The Kier molecular flexibility index (Phi) is 5.63. The number of carbonyl (C=O) groups excluding carboxylic acids is 2. The molecule has 2 aliphatic rings. The molecule has 6 heteroatoms. The van der Waals surface area contributed by atoms with E-state index in [9.17, 15) is 9.59 Å². The Balaban J connectivity index is 1.62. The van der Waals surface area contributed by atoms with Crippen molar-refractivity contribution >= 4 is 27.7 Å². The van der Waals surface area contributed by atoms with Crippen LogP contribution in [0.2, 0.25) is 0 Å². The van der Waals surface area contributed by atoms with E-state index in [1.807, 2.05) is 53.4 Å². The molecule has 2 aromatic rings. The normalized spacial score (nSPS) is 20.3. The summed E-state index contributed by atoms with van der Waals surface area (Å²) in [5, 5.41) is 3.31. The average Bonchev–Trinajstić information content (AvgIpc) is 2.74. The van der Waals surface area contributed by atoms with Crippen molar-refractivity contribution in [1.82, 2.24) is 10.2 Å². The number of halogens is 1. The van der Waals surface area contributed by atoms with Gasteiger partial charge in [-0.25, -0.2) is 0 Å². The first-order valence-corrected chi connectivity index (χ1v) is 10.8. The molecule has 2 heterocycles. The topological polar surface area (TPSA) is 58.6 Å². The molecule has 0 aromatic heterocycles. The van der Waals surface area contributed by atoms with Crippen molar-refractivity contribution < 1.29 is 14.3 Å². The minimum Gasteiger partial charge on any atom is -0.493 e. The number of nitrogens with zero attached hydrogens (tertiary/aromatic N) is 1. The lowest BCUT2D eigenvalue weighted by molar-refractivity contribution is -0.135. The molecule has 1 fully saturated rings. The zero-order chi connectivity index (χ0) is 20.4. The highest BCUT2D eigenvalue weighted by atomic mass is 79.9. The number of hydrogen-bond acceptors (Lipinski definition) is 3. The van der Waals surface area contributed by atoms with Gasteiger partial charge in [0.1, 0.15) is 5.75 Å². The summed E-state index contributed by atoms with van der Waals surface area (Å²) in [6.45, 7) is 3.35. The summed E-state index contributed by atoms with van der Waals surface area (Å²) in [7, 11) is 0. The molecule has 29 heavy (non-hydrogen) atoms. The van der Waals surface area contributed by atoms with E-state index in [1.54, 1.807) is 6.92 Å². The molecule has 0 radical (unpaired) electrons. The Hall–Kier alpha value is -2.34. The number of hydrogen-bond donors (Lipinski definition) is 1. The monoisotopic (exact) mass is 456 g/mol. The lowest BCUT2D eigenvalue weighted by atomic mass is 9.71. The van der Waals surface area contributed by atoms with Crippen LogP contribution in [0.3, 0.4) is 0 Å². The fraction of sp³-hybridized carbons (Fsp3) is 0.391. The minimum atomic E-state index is -0.627. The Labute approximate surface area is 179 Å². The number of benzene rings is 2. The van der Waals surface area contributed by atoms with Crippen molar-refractivity contribution in [2.24, 2.45) is 0 Å². The highest BCUT2D eigenvalue weighted by Crippen LogP contribution is 2.39. The predicted molar refractivity (Wildman–Crippen MR) is 115 cm³/mol. The predicted octanol–water partition coefficient (Wildman–Crippen LogP) is 3.97. The zero-order valence-electron chi connectivity index (χ0n) is 16.5. The summed E-state index contributed by atoms with van der Waals surface area (Å²) < 4.78 is 6.74. The SMILES string of the molecule is CC(=O)N1CCC(C(=O)NC2CCOc3ccc(Br)cc32)(c2ccccc2)CC1. The third kappa shape index (κ3) is 3.90. The molecular weight excluding hydrogens is 432 g/mol. The van der Waals surface area contributed by atoms with E-state index in [4.69, 9.17) is 4.74 Å². The van der Waals surface area contributed by atoms with Gasteiger partial charge in [0.15, 0.2) is 0 Å². The first-order chi connectivity index (χ1) is 14.0. The van der Waals surface area contributed by atoms with Crippen molar-refractivity contribution in [1.29, 1.82) is 0 Å². The largest absolute Gasteiger partial charge is 0.493 e. The van der Waals surface area contributed by atoms with Crippen molar-refractivity contribution in [3.63, 3.8) is 0 Å². The van der Waals surface area contributed by atoms with Gasteiger partial charge >= 0.3 is 0 Å². The van der Waals surface area contributed by atoms with E-state index in [0.717, 1.165) is 27.8 Å². The van der Waals surface area contributed by atoms with E-state index >= 15 is 0 Å². The van der Waals surface area contributed by atoms with E-state index in [0.29, 0.717) is 32.5 Å². The number of fused-ring (bicyclic) bond motifs is 1. The number of ether oxygens (including phenoxy) is 1. The van der Waals surface area contributed by atoms with Gasteiger partial charge in [-0.15, -0.1) is 0 Å². The van der Waals surface area contributed by atoms with E-state index in [-0.39, 0.29) is 17.9 Å². The Morgan fingerprint density at radius 3 is 2.55 bits per heavy atom. The lowest BCUT2D eigenvalue weighted by Crippen LogP contribution is -2.53. The van der Waals surface area contributed by atoms with Crippen LogP contribution in [0.1, 0.15) is 43.4 Å². The van der Waals surface area contributed by atoms with Crippen LogP contribution >= 0.6 is 15.9 Å². The minimum absolute atomic E-state index is 0.0322. The van der Waals surface area contributed by atoms with Crippen LogP contribution in [0.5, 0.6) is 5.75 Å². The summed E-state index contributed by atoms with van der Waals surface area (Å²) >= 11 is 3.52. The number of likely N-dealkylation sites (tertiary alicyclic amines) is 1. The summed E-state index contributed by atoms with van der Waals surface area (Å²) in [4.78, 5) is 27.3. The van der Waals surface area contributed by atoms with Gasteiger partial charge < -0.3 is 15.0 Å². The maximum absolute atomic E-state index is 13.7. The molecular formula is C23H25BrN2O3. The molecule has 4 rings (SSSR count). The Bertz CT molecular complexity index is 908. The van der Waals surface area contributed by atoms with Crippen LogP contribution in [0.4, 0.5) is 0 Å². The van der Waals surface area contributed by atoms with Crippen LogP contribution < -0.4 is 10.1 Å². The molecule has 2 aliphatic heterocycles. The number of piperidine rings is 1. The molecule has 1 unspecified atom stereocenters. The number of amides is 2. The second-order valence-electron chi connectivity index (χ2n) is 7.80. The van der Waals surface area contributed by atoms with Crippen LogP contribution in [0.25, 0.3) is 0 Å². The summed E-state index contributed by atoms with van der Waals surface area (Å²) in [5.41, 5.74) is 1.39. The van der Waals surface area contributed by atoms with E-state index < -0.39 is 5.41 Å². The summed E-state index contributed by atoms with van der Waals surface area (Å²) in [6, 6.07) is 15.8. The molecule has 1 saturated heterocycles. The fourth-order valence-corrected chi connectivity index (χ4v) is 4.80. The maximum atomic E-state index is 13.7. The van der Waals surface area contributed by atoms with Crippen molar-refractivity contribution in [2.45, 2.75) is 37.6 Å². The maximum Gasteiger partial charge on any atom is 0.231 e. The molecule has 0 spiro atoms. The van der Waals surface area contributed by atoms with E-state index in [2.05, 4.69) is 21.2 Å². The smallest absolute Gasteiger partial charge is 0.231 e. The standard InChI is InChI=1S/C23H25BrN2O3/c1-16(27)26-12-10-23(11-13-26,17-5-3-2-4-6-17)22(28)25-20-9-14-29-21-8-7-18(24)15-19(20)21/h2-8,15,20H,9-14H2,1H3,(H,25,28). The second-order valence-corrected chi connectivity index (χ2v) is 8.72. The van der Waals surface area contributed by atoms with Crippen LogP contribution in [0, 0.1) is 0 Å². The molecule has 5 nitrogen and oxygen atoms in total. The van der Waals surface area contributed by atoms with Gasteiger partial charge in [0.2, 0.25) is 11.8 Å². The Morgan fingerprint density at radius 1 is 1.14 bits per heavy atom. The highest BCUT2D eigenvalue weighted by molar-refractivity contribution is 9.10. The van der Waals surface area contributed by atoms with E-state index in [1.165, 1.54) is 0 Å². The summed E-state index contributed by atoms with van der Waals surface area (Å²) in [5.74, 6) is 0.921. The zero-order valence-corrected chi connectivity index (χ0v) is 18.1. The first kappa shape index (κ1) is 20.0. The van der Waals surface area contributed by atoms with Crippen LogP contribution in [-0.4, -0.2) is 36.4 Å². The van der Waals surface area contributed by atoms with Gasteiger partial charge in [-0.05, 0) is 36.6 Å². The van der Waals surface area contributed by atoms with Gasteiger partial charge in [-0.2, -0.15) is 0 Å². The van der Waals surface area contributed by atoms with Gasteiger partial charge in [0.05, 0.1) is 18.1 Å². The van der Waals surface area contributed by atoms with Gasteiger partial charge in [-0.1, -0.05) is 46.3 Å². The first-order valence-electron chi connectivity index (χ1n) is 10.0. The molecule has 2 aromatic carbocycles. The molecule has 152 valence electrons. The molecule has 1 N–H and O–H groups in total. The average molecular weight is 457 g/mol. The van der Waals surface area contributed by atoms with Crippen LogP contribution in [0.15, 0.2) is 53.0 Å². The van der Waals surface area contributed by atoms with Gasteiger partial charge in [-0.3, -0.25) is 9.59 Å². The third-order valence-electron chi connectivity index (χ3n) is 6.14. The second kappa shape index (κ2) is 8.19. The lowest BCUT2D eigenvalue weighted by Gasteiger charge is -2.42. The molecule has 0 bridgehead atoms. The number of rotatable bonds is 3. The summed E-state index contributed by atoms with van der Waals surface area (Å²) in [6.07, 6.45) is 1.98. The quantitative estimate of drug-likeness (QED) is 0.759. The molecule has 1 atom stereocenters. The molecule has 2 amide bonds. The van der Waals surface area contributed by atoms with Crippen molar-refractivity contribution in [3.8, 4) is 5.75 Å². The van der Waals surface area contributed by atoms with Crippen LogP contribution in [-0.2, 0) is 15.0 Å². The number of carbonyl (C=O) groups is 2. The molecule has 0 aliphatic carbocycles. The van der Waals surface area contributed by atoms with Crippen molar-refractivity contribution in [3.05, 3.63) is 64.1 Å². The van der Waals surface area contributed by atoms with Gasteiger partial charge in [0.25, 0.3) is 0 Å². The Morgan fingerprint density at radius 2 is 1.86 bits per heavy atom. The highest BCUT2D eigenvalue weighted by Gasteiger charge is 2.44. The third-order valence-corrected chi connectivity index (χ3v) is 6.63. The fourth-order valence-electron chi connectivity index (χ4n) is 4.42.